The van der Waals surface area contributed by atoms with Crippen LogP contribution in [0, 0.1) is 13.8 Å². The van der Waals surface area contributed by atoms with Crippen LogP contribution in [0.2, 0.25) is 5.02 Å². The van der Waals surface area contributed by atoms with Crippen LogP contribution in [0.1, 0.15) is 16.7 Å². The van der Waals surface area contributed by atoms with Gasteiger partial charge in [0.1, 0.15) is 12.9 Å². The van der Waals surface area contributed by atoms with Crippen LogP contribution in [0.5, 0.6) is 0 Å². The summed E-state index contributed by atoms with van der Waals surface area (Å²) in [6.45, 7) is 4.15. The first-order valence-electron chi connectivity index (χ1n) is 9.31. The Bertz CT molecular complexity index is 1290. The van der Waals surface area contributed by atoms with Crippen molar-refractivity contribution in [3.63, 3.8) is 0 Å². The van der Waals surface area contributed by atoms with Crippen molar-refractivity contribution in [2.24, 2.45) is 0 Å². The molecule has 0 atom stereocenters. The van der Waals surface area contributed by atoms with Gasteiger partial charge < -0.3 is 5.32 Å². The quantitative estimate of drug-likeness (QED) is 0.533. The second-order valence-corrected chi connectivity index (χ2v) is 7.52. The monoisotopic (exact) mass is 422 g/mol. The minimum Gasteiger partial charge on any atom is -0.323 e. The normalized spacial score (nSPS) is 11.0. The molecule has 0 fully saturated rings. The van der Waals surface area contributed by atoms with Gasteiger partial charge in [0.05, 0.1) is 17.3 Å². The van der Waals surface area contributed by atoms with E-state index in [4.69, 9.17) is 11.6 Å². The topological polar surface area (TPSA) is 94.7 Å². The first-order chi connectivity index (χ1) is 14.4. The number of benzene rings is 2. The lowest BCUT2D eigenvalue weighted by molar-refractivity contribution is -0.116. The number of nitrogens with one attached hydrogen (secondary N) is 1. The summed E-state index contributed by atoms with van der Waals surface area (Å²) in [5, 5.41) is 11.2. The number of halogens is 1. The Labute approximate surface area is 177 Å². The maximum Gasteiger partial charge on any atom is 0.283 e. The smallest absolute Gasteiger partial charge is 0.283 e. The van der Waals surface area contributed by atoms with Gasteiger partial charge in [0.2, 0.25) is 5.91 Å². The number of carbonyl (C=O) groups is 1. The van der Waals surface area contributed by atoms with Crippen LogP contribution in [0.3, 0.4) is 0 Å². The summed E-state index contributed by atoms with van der Waals surface area (Å²) in [5.74, 6) is -0.393. The second-order valence-electron chi connectivity index (χ2n) is 7.11. The third kappa shape index (κ3) is 4.08. The van der Waals surface area contributed by atoms with E-state index in [1.165, 1.54) is 10.9 Å². The summed E-state index contributed by atoms with van der Waals surface area (Å²) in [6, 6.07) is 13.3. The van der Waals surface area contributed by atoms with Gasteiger partial charge in [-0.05, 0) is 37.1 Å². The maximum atomic E-state index is 12.7. The molecule has 0 bridgehead atoms. The van der Waals surface area contributed by atoms with Gasteiger partial charge in [-0.2, -0.15) is 0 Å². The van der Waals surface area contributed by atoms with Crippen LogP contribution >= 0.6 is 11.6 Å². The van der Waals surface area contributed by atoms with Crippen molar-refractivity contribution in [2.45, 2.75) is 26.9 Å². The molecule has 152 valence electrons. The average Bonchev–Trinajstić information content (AvgIpc) is 3.11. The fourth-order valence-corrected chi connectivity index (χ4v) is 3.32. The highest BCUT2D eigenvalue weighted by molar-refractivity contribution is 6.33. The van der Waals surface area contributed by atoms with Crippen molar-refractivity contribution in [1.29, 1.82) is 0 Å². The predicted octanol–water partition coefficient (Wildman–Crippen LogP) is 2.95. The molecule has 0 radical (unpaired) electrons. The van der Waals surface area contributed by atoms with E-state index in [0.717, 1.165) is 16.7 Å². The lowest BCUT2D eigenvalue weighted by Gasteiger charge is -2.09. The molecule has 2 aromatic carbocycles. The van der Waals surface area contributed by atoms with Gasteiger partial charge in [-0.15, -0.1) is 5.10 Å². The molecule has 1 amide bonds. The van der Waals surface area contributed by atoms with Crippen molar-refractivity contribution in [3.05, 3.63) is 80.9 Å². The first-order valence-corrected chi connectivity index (χ1v) is 9.68. The predicted molar refractivity (Wildman–Crippen MR) is 115 cm³/mol. The van der Waals surface area contributed by atoms with E-state index < -0.39 is 11.5 Å². The number of carbonyl (C=O) groups excluding carboxylic acids is 1. The third-order valence-electron chi connectivity index (χ3n) is 4.66. The summed E-state index contributed by atoms with van der Waals surface area (Å²) in [4.78, 5) is 29.4. The highest BCUT2D eigenvalue weighted by Crippen LogP contribution is 2.22. The van der Waals surface area contributed by atoms with Crippen molar-refractivity contribution in [1.82, 2.24) is 24.5 Å². The molecule has 8 nitrogen and oxygen atoms in total. The molecule has 0 saturated carbocycles. The van der Waals surface area contributed by atoms with Crippen LogP contribution in [-0.2, 0) is 17.9 Å². The number of aryl methyl sites for hydroxylation is 2. The Morgan fingerprint density at radius 2 is 1.83 bits per heavy atom. The van der Waals surface area contributed by atoms with Crippen molar-refractivity contribution < 1.29 is 4.79 Å². The van der Waals surface area contributed by atoms with Gasteiger partial charge in [-0.25, -0.2) is 9.67 Å². The molecule has 2 aromatic heterocycles. The Kier molecular flexibility index (Phi) is 5.33. The third-order valence-corrected chi connectivity index (χ3v) is 4.97. The molecule has 2 heterocycles. The Morgan fingerprint density at radius 1 is 1.10 bits per heavy atom. The van der Waals surface area contributed by atoms with E-state index in [1.807, 2.05) is 44.2 Å². The molecule has 4 rings (SSSR count). The molecule has 0 aliphatic heterocycles. The first kappa shape index (κ1) is 19.8. The highest BCUT2D eigenvalue weighted by atomic mass is 35.5. The number of hydrogen-bond donors (Lipinski definition) is 1. The fraction of sp³-hybridized carbons (Fsp3) is 0.190. The largest absolute Gasteiger partial charge is 0.323 e. The van der Waals surface area contributed by atoms with E-state index in [-0.39, 0.29) is 12.1 Å². The zero-order valence-electron chi connectivity index (χ0n) is 16.5. The molecule has 1 N–H and O–H groups in total. The van der Waals surface area contributed by atoms with Gasteiger partial charge in [0, 0.05) is 0 Å². The SMILES string of the molecule is Cc1ccc(Cn2nnc3c(=O)n(CC(=O)Nc4ccc(C)cc4Cl)cnc32)cc1. The standard InChI is InChI=1S/C21H19ClN6O2/c1-13-3-6-15(7-4-13)10-28-20-19(25-26-28)21(30)27(12-23-20)11-18(29)24-17-8-5-14(2)9-16(17)22/h3-9,12H,10-11H2,1-2H3,(H,24,29). The number of fused-ring (bicyclic) bond motifs is 1. The van der Waals surface area contributed by atoms with Crippen LogP contribution in [0.15, 0.2) is 53.6 Å². The number of amides is 1. The van der Waals surface area contributed by atoms with Gasteiger partial charge in [0.15, 0.2) is 11.2 Å². The maximum absolute atomic E-state index is 12.7. The lowest BCUT2D eigenvalue weighted by atomic mass is 10.1. The fourth-order valence-electron chi connectivity index (χ4n) is 3.04. The number of aromatic nitrogens is 5. The summed E-state index contributed by atoms with van der Waals surface area (Å²) in [5.41, 5.74) is 3.71. The molecule has 0 saturated heterocycles. The Morgan fingerprint density at radius 3 is 2.57 bits per heavy atom. The van der Waals surface area contributed by atoms with Crippen molar-refractivity contribution in [3.8, 4) is 0 Å². The molecule has 4 aromatic rings. The van der Waals surface area contributed by atoms with Gasteiger partial charge in [-0.1, -0.05) is 52.7 Å². The van der Waals surface area contributed by atoms with Crippen LogP contribution < -0.4 is 10.9 Å². The summed E-state index contributed by atoms with van der Waals surface area (Å²) < 4.78 is 2.77. The molecule has 9 heteroatoms. The van der Waals surface area contributed by atoms with Gasteiger partial charge in [0.25, 0.3) is 5.56 Å². The summed E-state index contributed by atoms with van der Waals surface area (Å²) in [7, 11) is 0. The zero-order chi connectivity index (χ0) is 21.3. The van der Waals surface area contributed by atoms with E-state index >= 15 is 0 Å². The summed E-state index contributed by atoms with van der Waals surface area (Å²) in [6.07, 6.45) is 1.33. The number of rotatable bonds is 5. The Balaban J connectivity index is 1.54. The van der Waals surface area contributed by atoms with Crippen molar-refractivity contribution >= 4 is 34.4 Å². The Hall–Kier alpha value is -3.52. The minimum atomic E-state index is -0.430. The number of hydrogen-bond acceptors (Lipinski definition) is 5. The van der Waals surface area contributed by atoms with Gasteiger partial charge in [-0.3, -0.25) is 14.2 Å². The average molecular weight is 423 g/mol. The highest BCUT2D eigenvalue weighted by Gasteiger charge is 2.14. The van der Waals surface area contributed by atoms with E-state index in [2.05, 4.69) is 20.6 Å². The zero-order valence-corrected chi connectivity index (χ0v) is 17.2. The van der Waals surface area contributed by atoms with Crippen LogP contribution in [-0.4, -0.2) is 30.5 Å². The molecule has 0 spiro atoms. The summed E-state index contributed by atoms with van der Waals surface area (Å²) >= 11 is 6.15. The van der Waals surface area contributed by atoms with E-state index in [1.54, 1.807) is 16.8 Å². The molecule has 0 unspecified atom stereocenters. The van der Waals surface area contributed by atoms with Crippen LogP contribution in [0.25, 0.3) is 11.2 Å². The lowest BCUT2D eigenvalue weighted by Crippen LogP contribution is -2.28. The molecular weight excluding hydrogens is 404 g/mol. The number of anilines is 1. The second kappa shape index (κ2) is 8.08. The van der Waals surface area contributed by atoms with Crippen LogP contribution in [0.4, 0.5) is 5.69 Å². The van der Waals surface area contributed by atoms with Crippen molar-refractivity contribution in [2.75, 3.05) is 5.32 Å². The van der Waals surface area contributed by atoms with Gasteiger partial charge >= 0.3 is 0 Å². The minimum absolute atomic E-state index is 0.116. The molecular formula is C21H19ClN6O2. The molecule has 30 heavy (non-hydrogen) atoms. The van der Waals surface area contributed by atoms with E-state index in [9.17, 15) is 9.59 Å². The molecule has 0 aliphatic rings. The number of nitrogens with zero attached hydrogens (tertiary/aromatic N) is 5. The van der Waals surface area contributed by atoms with E-state index in [0.29, 0.717) is 22.9 Å². The molecule has 0 aliphatic carbocycles.